The molecule has 0 N–H and O–H groups in total. The molecule has 2 aromatic rings. The van der Waals surface area contributed by atoms with Crippen LogP contribution in [0.15, 0.2) is 35.2 Å². The number of thiocarbonyl (C=S) groups is 1. The Morgan fingerprint density at radius 1 is 1.21 bits per heavy atom. The van der Waals surface area contributed by atoms with Gasteiger partial charge in [0.1, 0.15) is 5.75 Å². The van der Waals surface area contributed by atoms with Crippen LogP contribution in [0.1, 0.15) is 12.5 Å². The first kappa shape index (κ1) is 25.6. The molecular formula is C22H19ClINO6S2. The van der Waals surface area contributed by atoms with Gasteiger partial charge in [-0.25, -0.2) is 4.79 Å². The number of hydrogen-bond donors (Lipinski definition) is 0. The van der Waals surface area contributed by atoms with Crippen LogP contribution in [-0.4, -0.2) is 43.6 Å². The second kappa shape index (κ2) is 11.4. The van der Waals surface area contributed by atoms with Crippen LogP contribution >= 0.6 is 58.2 Å². The van der Waals surface area contributed by atoms with Gasteiger partial charge in [-0.15, -0.1) is 0 Å². The quantitative estimate of drug-likeness (QED) is 0.170. The first-order valence-electron chi connectivity index (χ1n) is 9.56. The molecule has 1 saturated heterocycles. The molecule has 0 spiro atoms. The predicted molar refractivity (Wildman–Crippen MR) is 141 cm³/mol. The van der Waals surface area contributed by atoms with Crippen LogP contribution in [0.4, 0.5) is 5.69 Å². The van der Waals surface area contributed by atoms with Crippen molar-refractivity contribution in [1.82, 2.24) is 0 Å². The molecule has 174 valence electrons. The molecule has 0 aliphatic carbocycles. The summed E-state index contributed by atoms with van der Waals surface area (Å²) in [4.78, 5) is 26.6. The van der Waals surface area contributed by atoms with Gasteiger partial charge in [-0.3, -0.25) is 9.69 Å². The van der Waals surface area contributed by atoms with Crippen molar-refractivity contribution in [3.63, 3.8) is 0 Å². The molecule has 11 heteroatoms. The van der Waals surface area contributed by atoms with E-state index in [1.54, 1.807) is 37.3 Å². The topological polar surface area (TPSA) is 74.3 Å². The average molecular weight is 620 g/mol. The van der Waals surface area contributed by atoms with Crippen LogP contribution in [0.5, 0.6) is 17.2 Å². The number of anilines is 1. The molecule has 0 radical (unpaired) electrons. The van der Waals surface area contributed by atoms with E-state index >= 15 is 0 Å². The van der Waals surface area contributed by atoms with Crippen molar-refractivity contribution in [3.05, 3.63) is 49.4 Å². The summed E-state index contributed by atoms with van der Waals surface area (Å²) in [6.45, 7) is 1.77. The number of carbonyl (C=O) groups is 2. The summed E-state index contributed by atoms with van der Waals surface area (Å²) >= 11 is 14.9. The van der Waals surface area contributed by atoms with Crippen molar-refractivity contribution in [2.24, 2.45) is 0 Å². The molecule has 2 aromatic carbocycles. The van der Waals surface area contributed by atoms with Crippen molar-refractivity contribution in [2.75, 3.05) is 32.3 Å². The molecule has 0 atom stereocenters. The fourth-order valence-corrected chi connectivity index (χ4v) is 5.27. The summed E-state index contributed by atoms with van der Waals surface area (Å²) in [7, 11) is 3.02. The Balaban J connectivity index is 1.86. The lowest BCUT2D eigenvalue weighted by Crippen LogP contribution is -2.27. The Bertz CT molecular complexity index is 1140. The lowest BCUT2D eigenvalue weighted by Gasteiger charge is -2.15. The monoisotopic (exact) mass is 619 g/mol. The summed E-state index contributed by atoms with van der Waals surface area (Å²) in [5, 5.41) is 0.380. The van der Waals surface area contributed by atoms with E-state index < -0.39 is 5.97 Å². The fourth-order valence-electron chi connectivity index (χ4n) is 2.93. The molecule has 0 aromatic heterocycles. The summed E-state index contributed by atoms with van der Waals surface area (Å²) in [6, 6.07) is 8.58. The minimum Gasteiger partial charge on any atom is -0.495 e. The number of ether oxygens (including phenoxy) is 4. The van der Waals surface area contributed by atoms with E-state index in [2.05, 4.69) is 22.6 Å². The molecule has 1 aliphatic rings. The Labute approximate surface area is 219 Å². The molecule has 1 amide bonds. The number of esters is 1. The highest BCUT2D eigenvalue weighted by atomic mass is 127. The summed E-state index contributed by atoms with van der Waals surface area (Å²) in [5.41, 5.74) is 1.27. The van der Waals surface area contributed by atoms with Crippen LogP contribution in [-0.2, 0) is 14.3 Å². The van der Waals surface area contributed by atoms with Crippen molar-refractivity contribution >= 4 is 86.1 Å². The summed E-state index contributed by atoms with van der Waals surface area (Å²) in [6.07, 6.45) is 1.73. The largest absolute Gasteiger partial charge is 0.495 e. The van der Waals surface area contributed by atoms with Gasteiger partial charge in [0.2, 0.25) is 0 Å². The van der Waals surface area contributed by atoms with Crippen LogP contribution in [0.3, 0.4) is 0 Å². The zero-order valence-electron chi connectivity index (χ0n) is 17.8. The zero-order valence-corrected chi connectivity index (χ0v) is 22.4. The van der Waals surface area contributed by atoms with E-state index in [4.69, 9.17) is 42.8 Å². The van der Waals surface area contributed by atoms with Gasteiger partial charge in [-0.2, -0.15) is 0 Å². The number of halogens is 2. The highest BCUT2D eigenvalue weighted by Crippen LogP contribution is 2.40. The predicted octanol–water partition coefficient (Wildman–Crippen LogP) is 5.31. The lowest BCUT2D eigenvalue weighted by atomic mass is 10.1. The molecule has 3 rings (SSSR count). The number of nitrogens with zero attached hydrogens (tertiary/aromatic N) is 1. The third-order valence-electron chi connectivity index (χ3n) is 4.38. The number of amides is 1. The van der Waals surface area contributed by atoms with Gasteiger partial charge in [0.05, 0.1) is 40.0 Å². The van der Waals surface area contributed by atoms with Gasteiger partial charge in [0.25, 0.3) is 5.91 Å². The van der Waals surface area contributed by atoms with Gasteiger partial charge in [0, 0.05) is 0 Å². The molecule has 1 fully saturated rings. The standard InChI is InChI=1S/C22H19ClINO6S2/c1-4-30-19(26)11-31-20-15(24)7-12(8-17(20)29-3)9-18-21(27)25(22(32)33-18)13-5-6-16(28-2)14(23)10-13/h5-10H,4,11H2,1-3H3/b18-9+. The van der Waals surface area contributed by atoms with E-state index in [-0.39, 0.29) is 19.1 Å². The number of hydrogen-bond acceptors (Lipinski definition) is 8. The third-order valence-corrected chi connectivity index (χ3v) is 6.78. The number of rotatable bonds is 8. The molecular weight excluding hydrogens is 601 g/mol. The maximum absolute atomic E-state index is 13.1. The summed E-state index contributed by atoms with van der Waals surface area (Å²) in [5.74, 6) is 0.622. The first-order valence-corrected chi connectivity index (χ1v) is 12.2. The van der Waals surface area contributed by atoms with E-state index in [1.807, 2.05) is 6.07 Å². The maximum atomic E-state index is 13.1. The van der Waals surface area contributed by atoms with Crippen molar-refractivity contribution in [2.45, 2.75) is 6.92 Å². The van der Waals surface area contributed by atoms with E-state index in [9.17, 15) is 9.59 Å². The van der Waals surface area contributed by atoms with Crippen LogP contribution in [0, 0.1) is 3.57 Å². The van der Waals surface area contributed by atoms with Gasteiger partial charge in [-0.1, -0.05) is 35.6 Å². The van der Waals surface area contributed by atoms with Crippen molar-refractivity contribution in [3.8, 4) is 17.2 Å². The molecule has 33 heavy (non-hydrogen) atoms. The van der Waals surface area contributed by atoms with Crippen LogP contribution < -0.4 is 19.1 Å². The average Bonchev–Trinajstić information content (AvgIpc) is 3.05. The highest BCUT2D eigenvalue weighted by molar-refractivity contribution is 14.1. The minimum absolute atomic E-state index is 0.234. The van der Waals surface area contributed by atoms with Crippen LogP contribution in [0.25, 0.3) is 6.08 Å². The smallest absolute Gasteiger partial charge is 0.344 e. The Morgan fingerprint density at radius 2 is 1.94 bits per heavy atom. The molecule has 1 heterocycles. The molecule has 0 saturated carbocycles. The summed E-state index contributed by atoms with van der Waals surface area (Å²) < 4.78 is 22.2. The van der Waals surface area contributed by atoms with Crippen LogP contribution in [0.2, 0.25) is 5.02 Å². The van der Waals surface area contributed by atoms with Gasteiger partial charge >= 0.3 is 5.97 Å². The van der Waals surface area contributed by atoms with Gasteiger partial charge in [-0.05, 0) is 71.5 Å². The lowest BCUT2D eigenvalue weighted by molar-refractivity contribution is -0.145. The highest BCUT2D eigenvalue weighted by Gasteiger charge is 2.33. The van der Waals surface area contributed by atoms with Crippen molar-refractivity contribution in [1.29, 1.82) is 0 Å². The SMILES string of the molecule is CCOC(=O)COc1c(I)cc(/C=C2/SC(=S)N(c3ccc(OC)c(Cl)c3)C2=O)cc1OC. The fraction of sp³-hybridized carbons (Fsp3) is 0.227. The number of benzene rings is 2. The normalized spacial score (nSPS) is 14.6. The second-order valence-electron chi connectivity index (χ2n) is 6.46. The maximum Gasteiger partial charge on any atom is 0.344 e. The minimum atomic E-state index is -0.471. The number of carbonyl (C=O) groups excluding carboxylic acids is 2. The van der Waals surface area contributed by atoms with Gasteiger partial charge in [0.15, 0.2) is 22.4 Å². The number of thioether (sulfide) groups is 1. The second-order valence-corrected chi connectivity index (χ2v) is 9.71. The Morgan fingerprint density at radius 3 is 2.58 bits per heavy atom. The molecule has 0 bridgehead atoms. The van der Waals surface area contributed by atoms with E-state index in [1.165, 1.54) is 30.9 Å². The van der Waals surface area contributed by atoms with E-state index in [0.717, 1.165) is 0 Å². The van der Waals surface area contributed by atoms with Crippen molar-refractivity contribution < 1.29 is 28.5 Å². The first-order chi connectivity index (χ1) is 15.8. The van der Waals surface area contributed by atoms with Gasteiger partial charge < -0.3 is 18.9 Å². The van der Waals surface area contributed by atoms with E-state index in [0.29, 0.717) is 46.3 Å². The Hall–Kier alpha value is -2.02. The third kappa shape index (κ3) is 5.92. The zero-order chi connectivity index (χ0) is 24.1. The number of methoxy groups -OCH3 is 2. The Kier molecular flexibility index (Phi) is 8.85. The molecule has 7 nitrogen and oxygen atoms in total. The molecule has 0 unspecified atom stereocenters. The molecule has 1 aliphatic heterocycles.